The van der Waals surface area contributed by atoms with E-state index in [-0.39, 0.29) is 17.7 Å². The summed E-state index contributed by atoms with van der Waals surface area (Å²) < 4.78 is 11.3. The molecule has 2 aromatic rings. The highest BCUT2D eigenvalue weighted by atomic mass is 35.5. The summed E-state index contributed by atoms with van der Waals surface area (Å²) in [6, 6.07) is 11.1. The first-order chi connectivity index (χ1) is 12.9. The van der Waals surface area contributed by atoms with Crippen LogP contribution in [0.2, 0.25) is 10.0 Å². The number of nitrogens with zero attached hydrogens (tertiary/aromatic N) is 1. The number of aryl methyl sites for hydroxylation is 1. The summed E-state index contributed by atoms with van der Waals surface area (Å²) in [5.41, 5.74) is 7.36. The molecule has 0 saturated heterocycles. The number of benzene rings is 2. The minimum atomic E-state index is -0.377. The Labute approximate surface area is 171 Å². The van der Waals surface area contributed by atoms with Gasteiger partial charge in [-0.15, -0.1) is 0 Å². The maximum Gasteiger partial charge on any atom is 0.286 e. The van der Waals surface area contributed by atoms with Crippen molar-refractivity contribution in [1.29, 1.82) is 0 Å². The van der Waals surface area contributed by atoms with Gasteiger partial charge in [-0.05, 0) is 54.6 Å². The van der Waals surface area contributed by atoms with Crippen molar-refractivity contribution in [2.45, 2.75) is 6.92 Å². The van der Waals surface area contributed by atoms with Gasteiger partial charge in [0.15, 0.2) is 10.9 Å². The number of ether oxygens (including phenoxy) is 2. The number of halogens is 2. The second kappa shape index (κ2) is 8.69. The van der Waals surface area contributed by atoms with Gasteiger partial charge in [0.1, 0.15) is 19.0 Å². The van der Waals surface area contributed by atoms with Crippen LogP contribution in [-0.2, 0) is 4.79 Å². The predicted octanol–water partition coefficient (Wildman–Crippen LogP) is 4.69. The van der Waals surface area contributed by atoms with Crippen LogP contribution in [0.1, 0.15) is 11.1 Å². The highest BCUT2D eigenvalue weighted by molar-refractivity contribution is 8.18. The molecule has 0 atom stereocenters. The molecule has 3 rings (SSSR count). The second-order valence-corrected chi connectivity index (χ2v) is 7.57. The monoisotopic (exact) mass is 422 g/mol. The van der Waals surface area contributed by atoms with Gasteiger partial charge in [0.2, 0.25) is 0 Å². The van der Waals surface area contributed by atoms with E-state index in [0.717, 1.165) is 17.5 Å². The number of nitrogens with two attached hydrogens (primary N) is 1. The Morgan fingerprint density at radius 3 is 2.33 bits per heavy atom. The van der Waals surface area contributed by atoms with Crippen LogP contribution in [0.15, 0.2) is 46.3 Å². The van der Waals surface area contributed by atoms with Gasteiger partial charge in [-0.25, -0.2) is 0 Å². The summed E-state index contributed by atoms with van der Waals surface area (Å²) in [7, 11) is 0. The van der Waals surface area contributed by atoms with Crippen molar-refractivity contribution in [2.24, 2.45) is 10.7 Å². The Morgan fingerprint density at radius 1 is 1.11 bits per heavy atom. The lowest BCUT2D eigenvalue weighted by molar-refractivity contribution is -0.113. The molecule has 0 spiro atoms. The Bertz CT molecular complexity index is 904. The standard InChI is InChI=1S/C19H16Cl2N2O3S/c1-11-2-4-13(5-3-11)25-6-7-26-17-14(20)8-12(9-15(17)21)10-16-18(24)23-19(22)27-16/h2-5,8-10H,6-7H2,1H3,(H2,22,23,24)/b16-10+. The number of aliphatic imine (C=N–C) groups is 1. The minimum absolute atomic E-state index is 0.219. The van der Waals surface area contributed by atoms with E-state index in [1.807, 2.05) is 31.2 Å². The van der Waals surface area contributed by atoms with Gasteiger partial charge in [-0.2, -0.15) is 4.99 Å². The van der Waals surface area contributed by atoms with Crippen molar-refractivity contribution in [3.8, 4) is 11.5 Å². The fourth-order valence-corrected chi connectivity index (χ4v) is 3.61. The highest BCUT2D eigenvalue weighted by Gasteiger charge is 2.20. The number of hydrogen-bond acceptors (Lipinski definition) is 5. The molecule has 0 bridgehead atoms. The minimum Gasteiger partial charge on any atom is -0.490 e. The molecule has 1 aliphatic heterocycles. The van der Waals surface area contributed by atoms with Crippen LogP contribution in [0.5, 0.6) is 11.5 Å². The number of rotatable bonds is 6. The third-order valence-electron chi connectivity index (χ3n) is 3.57. The van der Waals surface area contributed by atoms with Crippen LogP contribution >= 0.6 is 35.0 Å². The maximum absolute atomic E-state index is 11.7. The molecule has 0 radical (unpaired) electrons. The number of hydrogen-bond donors (Lipinski definition) is 1. The van der Waals surface area contributed by atoms with Gasteiger partial charge < -0.3 is 15.2 Å². The molecule has 5 nitrogen and oxygen atoms in total. The number of carbonyl (C=O) groups excluding carboxylic acids is 1. The zero-order valence-electron chi connectivity index (χ0n) is 14.4. The van der Waals surface area contributed by atoms with Gasteiger partial charge >= 0.3 is 0 Å². The van der Waals surface area contributed by atoms with E-state index in [0.29, 0.717) is 32.9 Å². The van der Waals surface area contributed by atoms with Gasteiger partial charge in [-0.1, -0.05) is 40.9 Å². The summed E-state index contributed by atoms with van der Waals surface area (Å²) >= 11 is 13.7. The quantitative estimate of drug-likeness (QED) is 0.539. The van der Waals surface area contributed by atoms with Crippen LogP contribution < -0.4 is 15.2 Å². The molecule has 1 aliphatic rings. The van der Waals surface area contributed by atoms with Crippen LogP contribution in [0.25, 0.3) is 6.08 Å². The van der Waals surface area contributed by atoms with E-state index in [1.54, 1.807) is 18.2 Å². The number of thioether (sulfide) groups is 1. The lowest BCUT2D eigenvalue weighted by atomic mass is 10.2. The molecular formula is C19H16Cl2N2O3S. The Hall–Kier alpha value is -2.15. The van der Waals surface area contributed by atoms with Crippen molar-refractivity contribution < 1.29 is 14.3 Å². The summed E-state index contributed by atoms with van der Waals surface area (Å²) in [6.07, 6.45) is 1.64. The summed E-state index contributed by atoms with van der Waals surface area (Å²) in [6.45, 7) is 2.65. The van der Waals surface area contributed by atoms with E-state index in [2.05, 4.69) is 4.99 Å². The summed E-state index contributed by atoms with van der Waals surface area (Å²) in [4.78, 5) is 15.7. The summed E-state index contributed by atoms with van der Waals surface area (Å²) in [5.74, 6) is 0.760. The van der Waals surface area contributed by atoms with Gasteiger partial charge in [0.05, 0.1) is 15.0 Å². The fraction of sp³-hybridized carbons (Fsp3) is 0.158. The van der Waals surface area contributed by atoms with Crippen molar-refractivity contribution in [3.63, 3.8) is 0 Å². The smallest absolute Gasteiger partial charge is 0.286 e. The van der Waals surface area contributed by atoms with Crippen molar-refractivity contribution in [1.82, 2.24) is 0 Å². The zero-order valence-corrected chi connectivity index (χ0v) is 16.7. The first-order valence-electron chi connectivity index (χ1n) is 8.02. The van der Waals surface area contributed by atoms with Crippen LogP contribution in [-0.4, -0.2) is 24.3 Å². The topological polar surface area (TPSA) is 73.9 Å². The summed E-state index contributed by atoms with van der Waals surface area (Å²) in [5, 5.41) is 0.903. The number of amides is 1. The second-order valence-electron chi connectivity index (χ2n) is 5.69. The Balaban J connectivity index is 1.61. The number of amidine groups is 1. The van der Waals surface area contributed by atoms with Crippen LogP contribution in [0, 0.1) is 6.92 Å². The Morgan fingerprint density at radius 2 is 1.74 bits per heavy atom. The van der Waals surface area contributed by atoms with Crippen molar-refractivity contribution >= 4 is 52.1 Å². The number of carbonyl (C=O) groups is 1. The molecule has 140 valence electrons. The molecule has 0 fully saturated rings. The normalized spacial score (nSPS) is 15.1. The molecule has 0 saturated carbocycles. The third-order valence-corrected chi connectivity index (χ3v) is 4.95. The van der Waals surface area contributed by atoms with Crippen molar-refractivity contribution in [2.75, 3.05) is 13.2 Å². The lowest BCUT2D eigenvalue weighted by Gasteiger charge is -2.12. The molecule has 0 aromatic heterocycles. The first kappa shape index (κ1) is 19.6. The molecule has 1 heterocycles. The van der Waals surface area contributed by atoms with Gasteiger partial charge in [0.25, 0.3) is 5.91 Å². The van der Waals surface area contributed by atoms with E-state index < -0.39 is 0 Å². The van der Waals surface area contributed by atoms with Crippen molar-refractivity contribution in [3.05, 3.63) is 62.5 Å². The molecule has 2 aromatic carbocycles. The maximum atomic E-state index is 11.7. The third kappa shape index (κ3) is 5.19. The average molecular weight is 423 g/mol. The Kier molecular flexibility index (Phi) is 6.31. The van der Waals surface area contributed by atoms with E-state index in [4.69, 9.17) is 38.4 Å². The molecule has 27 heavy (non-hydrogen) atoms. The average Bonchev–Trinajstić information content (AvgIpc) is 2.92. The molecule has 0 aliphatic carbocycles. The van der Waals surface area contributed by atoms with Gasteiger partial charge in [0, 0.05) is 0 Å². The molecule has 0 unspecified atom stereocenters. The predicted molar refractivity (Wildman–Crippen MR) is 111 cm³/mol. The van der Waals surface area contributed by atoms with Gasteiger partial charge in [-0.3, -0.25) is 4.79 Å². The fourth-order valence-electron chi connectivity index (χ4n) is 2.32. The van der Waals surface area contributed by atoms with Crippen LogP contribution in [0.3, 0.4) is 0 Å². The molecule has 1 amide bonds. The molecule has 2 N–H and O–H groups in total. The molecule has 8 heteroatoms. The molecular weight excluding hydrogens is 407 g/mol. The van der Waals surface area contributed by atoms with Crippen LogP contribution in [0.4, 0.5) is 0 Å². The van der Waals surface area contributed by atoms with E-state index >= 15 is 0 Å². The zero-order chi connectivity index (χ0) is 19.4. The van der Waals surface area contributed by atoms with E-state index in [9.17, 15) is 4.79 Å². The SMILES string of the molecule is Cc1ccc(OCCOc2c(Cl)cc(/C=C3/SC(N)=NC3=O)cc2Cl)cc1. The first-order valence-corrected chi connectivity index (χ1v) is 9.59. The highest BCUT2D eigenvalue weighted by Crippen LogP contribution is 2.36. The largest absolute Gasteiger partial charge is 0.490 e. The lowest BCUT2D eigenvalue weighted by Crippen LogP contribution is -2.09. The van der Waals surface area contributed by atoms with E-state index in [1.165, 1.54) is 5.56 Å².